The summed E-state index contributed by atoms with van der Waals surface area (Å²) in [5.74, 6) is 0.190. The van der Waals surface area contributed by atoms with E-state index in [-0.39, 0.29) is 12.5 Å². The second-order valence-corrected chi connectivity index (χ2v) is 6.00. The SMILES string of the molecule is COC(=O)C1CN(C(=O)c2cc(C3CC3)[nH]n2)c2ccccc2O1. The predicted molar refractivity (Wildman–Crippen MR) is 85.1 cm³/mol. The van der Waals surface area contributed by atoms with Gasteiger partial charge in [-0.15, -0.1) is 0 Å². The van der Waals surface area contributed by atoms with Crippen LogP contribution in [0.3, 0.4) is 0 Å². The third kappa shape index (κ3) is 2.51. The highest BCUT2D eigenvalue weighted by molar-refractivity contribution is 6.06. The van der Waals surface area contributed by atoms with Crippen LogP contribution in [-0.4, -0.2) is 41.8 Å². The quantitative estimate of drug-likeness (QED) is 0.870. The summed E-state index contributed by atoms with van der Waals surface area (Å²) in [4.78, 5) is 26.3. The fraction of sp³-hybridized carbons (Fsp3) is 0.353. The van der Waals surface area contributed by atoms with Gasteiger partial charge < -0.3 is 9.47 Å². The van der Waals surface area contributed by atoms with Crippen molar-refractivity contribution < 1.29 is 19.1 Å². The first-order valence-corrected chi connectivity index (χ1v) is 7.88. The highest BCUT2D eigenvalue weighted by Crippen LogP contribution is 2.39. The van der Waals surface area contributed by atoms with E-state index in [1.807, 2.05) is 6.07 Å². The molecule has 1 aromatic heterocycles. The molecule has 1 saturated carbocycles. The fourth-order valence-corrected chi connectivity index (χ4v) is 2.87. The molecule has 1 N–H and O–H groups in total. The van der Waals surface area contributed by atoms with Crippen molar-refractivity contribution in [3.63, 3.8) is 0 Å². The molecule has 1 aromatic carbocycles. The Morgan fingerprint density at radius 1 is 1.33 bits per heavy atom. The van der Waals surface area contributed by atoms with Gasteiger partial charge in [0, 0.05) is 11.6 Å². The minimum absolute atomic E-state index is 0.0914. The molecule has 0 bridgehead atoms. The Morgan fingerprint density at radius 2 is 2.12 bits per heavy atom. The standard InChI is InChI=1S/C17H17N3O4/c1-23-17(22)15-9-20(13-4-2-3-5-14(13)24-15)16(21)12-8-11(18-19-12)10-6-7-10/h2-5,8,10,15H,6-7,9H2,1H3,(H,18,19). The molecule has 0 radical (unpaired) electrons. The third-order valence-corrected chi connectivity index (χ3v) is 4.32. The van der Waals surface area contributed by atoms with E-state index in [4.69, 9.17) is 9.47 Å². The number of nitrogens with zero attached hydrogens (tertiary/aromatic N) is 2. The molecule has 7 heteroatoms. The lowest BCUT2D eigenvalue weighted by atomic mass is 10.1. The second kappa shape index (κ2) is 5.67. The zero-order valence-corrected chi connectivity index (χ0v) is 13.2. The number of amides is 1. The van der Waals surface area contributed by atoms with Crippen LogP contribution in [0.15, 0.2) is 30.3 Å². The molecule has 1 aliphatic heterocycles. The number of hydrogen-bond acceptors (Lipinski definition) is 5. The van der Waals surface area contributed by atoms with E-state index >= 15 is 0 Å². The van der Waals surface area contributed by atoms with E-state index in [1.54, 1.807) is 24.3 Å². The number of benzene rings is 1. The lowest BCUT2D eigenvalue weighted by Crippen LogP contribution is -2.47. The average molecular weight is 327 g/mol. The number of anilines is 1. The maximum Gasteiger partial charge on any atom is 0.348 e. The van der Waals surface area contributed by atoms with Gasteiger partial charge in [0.1, 0.15) is 5.75 Å². The van der Waals surface area contributed by atoms with Crippen LogP contribution in [0.1, 0.15) is 34.9 Å². The zero-order chi connectivity index (χ0) is 16.7. The number of esters is 1. The molecule has 2 aromatic rings. The molecule has 1 fully saturated rings. The van der Waals surface area contributed by atoms with Gasteiger partial charge in [0.2, 0.25) is 6.10 Å². The fourth-order valence-electron chi connectivity index (χ4n) is 2.87. The maximum absolute atomic E-state index is 12.9. The smallest absolute Gasteiger partial charge is 0.348 e. The molecular formula is C17H17N3O4. The molecule has 4 rings (SSSR count). The Balaban J connectivity index is 1.66. The van der Waals surface area contributed by atoms with Crippen LogP contribution in [0.25, 0.3) is 0 Å². The Hall–Kier alpha value is -2.83. The number of hydrogen-bond donors (Lipinski definition) is 1. The summed E-state index contributed by atoms with van der Waals surface area (Å²) >= 11 is 0. The molecule has 7 nitrogen and oxygen atoms in total. The van der Waals surface area contributed by atoms with E-state index < -0.39 is 12.1 Å². The number of para-hydroxylation sites is 2. The number of nitrogens with one attached hydrogen (secondary N) is 1. The third-order valence-electron chi connectivity index (χ3n) is 4.32. The summed E-state index contributed by atoms with van der Waals surface area (Å²) in [6.07, 6.45) is 1.40. The van der Waals surface area contributed by atoms with Crippen LogP contribution >= 0.6 is 0 Å². The lowest BCUT2D eigenvalue weighted by molar-refractivity contribution is -0.148. The van der Waals surface area contributed by atoms with Crippen molar-refractivity contribution in [3.8, 4) is 5.75 Å². The van der Waals surface area contributed by atoms with Gasteiger partial charge in [-0.3, -0.25) is 14.8 Å². The first kappa shape index (κ1) is 14.7. The van der Waals surface area contributed by atoms with Crippen molar-refractivity contribution in [2.24, 2.45) is 0 Å². The van der Waals surface area contributed by atoms with Gasteiger partial charge in [0.15, 0.2) is 5.69 Å². The van der Waals surface area contributed by atoms with Crippen LogP contribution in [0.5, 0.6) is 5.75 Å². The molecule has 2 heterocycles. The molecule has 1 unspecified atom stereocenters. The Bertz CT molecular complexity index is 797. The van der Waals surface area contributed by atoms with Gasteiger partial charge in [-0.2, -0.15) is 5.10 Å². The monoisotopic (exact) mass is 327 g/mol. The topological polar surface area (TPSA) is 84.5 Å². The van der Waals surface area contributed by atoms with E-state index in [0.717, 1.165) is 18.5 Å². The summed E-state index contributed by atoms with van der Waals surface area (Å²) in [5, 5.41) is 7.08. The average Bonchev–Trinajstić information content (AvgIpc) is 3.36. The van der Waals surface area contributed by atoms with Crippen LogP contribution in [-0.2, 0) is 9.53 Å². The number of rotatable bonds is 3. The summed E-state index contributed by atoms with van der Waals surface area (Å²) in [5.41, 5.74) is 1.96. The van der Waals surface area contributed by atoms with Crippen LogP contribution in [0.2, 0.25) is 0 Å². The molecule has 1 atom stereocenters. The number of fused-ring (bicyclic) bond motifs is 1. The van der Waals surface area contributed by atoms with Crippen molar-refractivity contribution in [2.75, 3.05) is 18.6 Å². The minimum atomic E-state index is -0.851. The molecular weight excluding hydrogens is 310 g/mol. The number of carbonyl (C=O) groups is 2. The molecule has 24 heavy (non-hydrogen) atoms. The molecule has 124 valence electrons. The number of aromatic amines is 1. The summed E-state index contributed by atoms with van der Waals surface area (Å²) < 4.78 is 10.4. The Labute approximate surface area is 138 Å². The number of ether oxygens (including phenoxy) is 2. The van der Waals surface area contributed by atoms with E-state index in [9.17, 15) is 9.59 Å². The normalized spacial score (nSPS) is 19.4. The first-order chi connectivity index (χ1) is 11.7. The summed E-state index contributed by atoms with van der Waals surface area (Å²) in [7, 11) is 1.30. The van der Waals surface area contributed by atoms with Crippen LogP contribution < -0.4 is 9.64 Å². The van der Waals surface area contributed by atoms with E-state index in [1.165, 1.54) is 12.0 Å². The molecule has 0 spiro atoms. The first-order valence-electron chi connectivity index (χ1n) is 7.88. The van der Waals surface area contributed by atoms with Crippen molar-refractivity contribution in [1.82, 2.24) is 10.2 Å². The van der Waals surface area contributed by atoms with E-state index in [0.29, 0.717) is 23.0 Å². The van der Waals surface area contributed by atoms with Crippen molar-refractivity contribution in [1.29, 1.82) is 0 Å². The molecule has 1 amide bonds. The number of aromatic nitrogens is 2. The van der Waals surface area contributed by atoms with Gasteiger partial charge >= 0.3 is 5.97 Å². The van der Waals surface area contributed by atoms with Gasteiger partial charge in [-0.1, -0.05) is 12.1 Å². The van der Waals surface area contributed by atoms with Gasteiger partial charge in [-0.25, -0.2) is 4.79 Å². The van der Waals surface area contributed by atoms with Crippen molar-refractivity contribution in [2.45, 2.75) is 24.9 Å². The number of carbonyl (C=O) groups excluding carboxylic acids is 2. The minimum Gasteiger partial charge on any atom is -0.475 e. The molecule has 0 saturated heterocycles. The largest absolute Gasteiger partial charge is 0.475 e. The number of methoxy groups -OCH3 is 1. The molecule has 2 aliphatic rings. The van der Waals surface area contributed by atoms with Crippen LogP contribution in [0.4, 0.5) is 5.69 Å². The van der Waals surface area contributed by atoms with Crippen molar-refractivity contribution >= 4 is 17.6 Å². The van der Waals surface area contributed by atoms with Crippen LogP contribution in [0, 0.1) is 0 Å². The Morgan fingerprint density at radius 3 is 2.88 bits per heavy atom. The summed E-state index contributed by atoms with van der Waals surface area (Å²) in [6, 6.07) is 8.92. The highest BCUT2D eigenvalue weighted by Gasteiger charge is 2.36. The maximum atomic E-state index is 12.9. The summed E-state index contributed by atoms with van der Waals surface area (Å²) in [6.45, 7) is 0.0914. The Kier molecular flexibility index (Phi) is 3.48. The van der Waals surface area contributed by atoms with Gasteiger partial charge in [0.25, 0.3) is 5.91 Å². The van der Waals surface area contributed by atoms with Crippen molar-refractivity contribution in [3.05, 3.63) is 41.7 Å². The van der Waals surface area contributed by atoms with E-state index in [2.05, 4.69) is 10.2 Å². The number of H-pyrrole nitrogens is 1. The second-order valence-electron chi connectivity index (χ2n) is 6.00. The van der Waals surface area contributed by atoms with Gasteiger partial charge in [-0.05, 0) is 31.0 Å². The van der Waals surface area contributed by atoms with Gasteiger partial charge in [0.05, 0.1) is 19.3 Å². The lowest BCUT2D eigenvalue weighted by Gasteiger charge is -2.33. The predicted octanol–water partition coefficient (Wildman–Crippen LogP) is 1.87. The zero-order valence-electron chi connectivity index (χ0n) is 13.2. The molecule has 1 aliphatic carbocycles. The highest BCUT2D eigenvalue weighted by atomic mass is 16.6.